The molecule has 0 aliphatic heterocycles. The zero-order valence-electron chi connectivity index (χ0n) is 14.1. The molecule has 0 aliphatic carbocycles. The van der Waals surface area contributed by atoms with Crippen molar-refractivity contribution >= 4 is 17.1 Å². The van der Waals surface area contributed by atoms with Gasteiger partial charge in [0, 0.05) is 16.9 Å². The van der Waals surface area contributed by atoms with E-state index in [-0.39, 0.29) is 18.1 Å². The fourth-order valence-electron chi connectivity index (χ4n) is 2.73. The van der Waals surface area contributed by atoms with Crippen molar-refractivity contribution in [3.05, 3.63) is 82.0 Å². The molecule has 1 atom stereocenters. The van der Waals surface area contributed by atoms with Gasteiger partial charge >= 0.3 is 6.18 Å². The minimum atomic E-state index is -4.39. The van der Waals surface area contributed by atoms with Gasteiger partial charge in [-0.25, -0.2) is 0 Å². The first-order valence-electron chi connectivity index (χ1n) is 8.19. The Balaban J connectivity index is 1.69. The van der Waals surface area contributed by atoms with Crippen molar-refractivity contribution in [2.24, 2.45) is 0 Å². The molecule has 26 heavy (non-hydrogen) atoms. The van der Waals surface area contributed by atoms with E-state index in [1.165, 1.54) is 12.1 Å². The van der Waals surface area contributed by atoms with E-state index in [4.69, 9.17) is 0 Å². The first-order chi connectivity index (χ1) is 12.3. The Morgan fingerprint density at radius 3 is 2.27 bits per heavy atom. The summed E-state index contributed by atoms with van der Waals surface area (Å²) < 4.78 is 37.8. The Morgan fingerprint density at radius 1 is 1.00 bits per heavy atom. The van der Waals surface area contributed by atoms with Crippen LogP contribution in [0.1, 0.15) is 40.1 Å². The van der Waals surface area contributed by atoms with Crippen molar-refractivity contribution in [2.75, 3.05) is 0 Å². The van der Waals surface area contributed by atoms with Crippen molar-refractivity contribution in [1.82, 2.24) is 0 Å². The third kappa shape index (κ3) is 4.22. The summed E-state index contributed by atoms with van der Waals surface area (Å²) in [5, 5.41) is 2.06. The summed E-state index contributed by atoms with van der Waals surface area (Å²) in [5.74, 6) is -0.145. The van der Waals surface area contributed by atoms with Gasteiger partial charge in [-0.1, -0.05) is 49.4 Å². The largest absolute Gasteiger partial charge is 0.416 e. The Labute approximate surface area is 154 Å². The fourth-order valence-corrected chi connectivity index (χ4v) is 3.71. The maximum absolute atomic E-state index is 12.6. The Kier molecular flexibility index (Phi) is 5.28. The van der Waals surface area contributed by atoms with Gasteiger partial charge in [-0.15, -0.1) is 11.3 Å². The highest BCUT2D eigenvalue weighted by atomic mass is 32.1. The van der Waals surface area contributed by atoms with Crippen LogP contribution in [0.25, 0.3) is 11.1 Å². The second-order valence-corrected chi connectivity index (χ2v) is 7.15. The number of hydrogen-bond donors (Lipinski definition) is 0. The lowest BCUT2D eigenvalue weighted by molar-refractivity contribution is -0.137. The maximum atomic E-state index is 12.6. The van der Waals surface area contributed by atoms with Crippen LogP contribution in [0.3, 0.4) is 0 Å². The second-order valence-electron chi connectivity index (χ2n) is 6.21. The van der Waals surface area contributed by atoms with E-state index in [2.05, 4.69) is 11.4 Å². The zero-order chi connectivity index (χ0) is 18.7. The number of rotatable bonds is 5. The molecule has 0 bridgehead atoms. The van der Waals surface area contributed by atoms with Crippen LogP contribution in [-0.2, 0) is 6.18 Å². The minimum Gasteiger partial charge on any atom is -0.294 e. The molecule has 1 unspecified atom stereocenters. The monoisotopic (exact) mass is 374 g/mol. The van der Waals surface area contributed by atoms with Gasteiger partial charge in [-0.05, 0) is 40.6 Å². The molecule has 0 fully saturated rings. The number of hydrogen-bond acceptors (Lipinski definition) is 2. The summed E-state index contributed by atoms with van der Waals surface area (Å²) in [6.45, 7) is 1.96. The van der Waals surface area contributed by atoms with Crippen molar-refractivity contribution in [1.29, 1.82) is 0 Å². The molecule has 0 N–H and O–H groups in total. The summed E-state index contributed by atoms with van der Waals surface area (Å²) in [6, 6.07) is 16.5. The second kappa shape index (κ2) is 7.46. The summed E-state index contributed by atoms with van der Waals surface area (Å²) in [5.41, 5.74) is 1.80. The highest BCUT2D eigenvalue weighted by Gasteiger charge is 2.30. The van der Waals surface area contributed by atoms with Crippen LogP contribution in [-0.4, -0.2) is 5.78 Å². The van der Waals surface area contributed by atoms with E-state index in [1.807, 2.05) is 37.3 Å². The van der Waals surface area contributed by atoms with Gasteiger partial charge in [0.1, 0.15) is 0 Å². The maximum Gasteiger partial charge on any atom is 0.416 e. The van der Waals surface area contributed by atoms with E-state index >= 15 is 0 Å². The normalized spacial score (nSPS) is 12.8. The van der Waals surface area contributed by atoms with Crippen molar-refractivity contribution in [3.63, 3.8) is 0 Å². The van der Waals surface area contributed by atoms with E-state index in [0.29, 0.717) is 5.56 Å². The van der Waals surface area contributed by atoms with Gasteiger partial charge in [0.25, 0.3) is 0 Å². The van der Waals surface area contributed by atoms with E-state index in [9.17, 15) is 18.0 Å². The first-order valence-corrected chi connectivity index (χ1v) is 9.07. The third-order valence-electron chi connectivity index (χ3n) is 4.24. The number of ketones is 1. The van der Waals surface area contributed by atoms with Gasteiger partial charge < -0.3 is 0 Å². The molecule has 0 radical (unpaired) electrons. The number of alkyl halides is 3. The predicted octanol–water partition coefficient (Wildman–Crippen LogP) is 6.81. The average Bonchev–Trinajstić information content (AvgIpc) is 3.12. The van der Waals surface area contributed by atoms with Crippen LogP contribution in [0, 0.1) is 0 Å². The van der Waals surface area contributed by atoms with Crippen LogP contribution in [0.4, 0.5) is 13.2 Å². The molecular formula is C21H17F3OS. The highest BCUT2D eigenvalue weighted by Crippen LogP contribution is 2.33. The lowest BCUT2D eigenvalue weighted by Crippen LogP contribution is -2.07. The Bertz CT molecular complexity index is 880. The number of halogens is 3. The first kappa shape index (κ1) is 18.4. The molecule has 134 valence electrons. The average molecular weight is 374 g/mol. The standard InChI is InChI=1S/C21H17F3OS/c1-14(20-12-17(13-26-20)15-5-3-2-4-6-15)11-19(25)16-7-9-18(10-8-16)21(22,23)24/h2-10,12-14H,11H2,1H3. The summed E-state index contributed by atoms with van der Waals surface area (Å²) >= 11 is 1.59. The summed E-state index contributed by atoms with van der Waals surface area (Å²) in [7, 11) is 0. The highest BCUT2D eigenvalue weighted by molar-refractivity contribution is 7.10. The molecule has 1 heterocycles. The lowest BCUT2D eigenvalue weighted by atomic mass is 9.97. The molecular weight excluding hydrogens is 357 g/mol. The van der Waals surface area contributed by atoms with Crippen LogP contribution >= 0.6 is 11.3 Å². The van der Waals surface area contributed by atoms with Crippen molar-refractivity contribution < 1.29 is 18.0 Å². The number of carbonyl (C=O) groups is 1. The quantitative estimate of drug-likeness (QED) is 0.448. The van der Waals surface area contributed by atoms with Crippen LogP contribution in [0.2, 0.25) is 0 Å². The third-order valence-corrected chi connectivity index (χ3v) is 5.40. The molecule has 0 saturated heterocycles. The van der Waals surface area contributed by atoms with Crippen LogP contribution in [0.5, 0.6) is 0 Å². The zero-order valence-corrected chi connectivity index (χ0v) is 14.9. The van der Waals surface area contributed by atoms with E-state index in [0.717, 1.165) is 28.1 Å². The van der Waals surface area contributed by atoms with Gasteiger partial charge in [0.05, 0.1) is 5.56 Å². The van der Waals surface area contributed by atoms with Gasteiger partial charge in [-0.2, -0.15) is 13.2 Å². The predicted molar refractivity (Wildman–Crippen MR) is 98.6 cm³/mol. The smallest absolute Gasteiger partial charge is 0.294 e. The van der Waals surface area contributed by atoms with E-state index in [1.54, 1.807) is 11.3 Å². The number of carbonyl (C=O) groups excluding carboxylic acids is 1. The molecule has 3 aromatic rings. The molecule has 0 saturated carbocycles. The summed E-state index contributed by atoms with van der Waals surface area (Å²) in [4.78, 5) is 13.5. The Hall–Kier alpha value is -2.40. The molecule has 3 rings (SSSR count). The van der Waals surface area contributed by atoms with Crippen LogP contribution in [0.15, 0.2) is 66.0 Å². The molecule has 0 spiro atoms. The summed E-state index contributed by atoms with van der Waals surface area (Å²) in [6.07, 6.45) is -4.13. The topological polar surface area (TPSA) is 17.1 Å². The molecule has 0 amide bonds. The fraction of sp³-hybridized carbons (Fsp3) is 0.190. The SMILES string of the molecule is CC(CC(=O)c1ccc(C(F)(F)F)cc1)c1cc(-c2ccccc2)cs1. The Morgan fingerprint density at radius 2 is 1.65 bits per heavy atom. The number of Topliss-reactive ketones (excluding diaryl/α,β-unsaturated/α-hetero) is 1. The molecule has 1 aromatic heterocycles. The van der Waals surface area contributed by atoms with Gasteiger partial charge in [-0.3, -0.25) is 4.79 Å². The van der Waals surface area contributed by atoms with Gasteiger partial charge in [0.2, 0.25) is 0 Å². The lowest BCUT2D eigenvalue weighted by Gasteiger charge is -2.10. The van der Waals surface area contributed by atoms with E-state index < -0.39 is 11.7 Å². The number of benzene rings is 2. The minimum absolute atomic E-state index is 0.00672. The van der Waals surface area contributed by atoms with Crippen LogP contribution < -0.4 is 0 Å². The molecule has 2 aromatic carbocycles. The molecule has 1 nitrogen and oxygen atoms in total. The van der Waals surface area contributed by atoms with Crippen molar-refractivity contribution in [2.45, 2.75) is 25.4 Å². The number of thiophene rings is 1. The molecule has 0 aliphatic rings. The van der Waals surface area contributed by atoms with Gasteiger partial charge in [0.15, 0.2) is 5.78 Å². The van der Waals surface area contributed by atoms with Crippen molar-refractivity contribution in [3.8, 4) is 11.1 Å². The molecule has 5 heteroatoms.